The fourth-order valence-electron chi connectivity index (χ4n) is 6.98. The van der Waals surface area contributed by atoms with Crippen molar-refractivity contribution in [3.05, 3.63) is 108 Å². The van der Waals surface area contributed by atoms with Crippen molar-refractivity contribution in [2.24, 2.45) is 5.92 Å². The van der Waals surface area contributed by atoms with E-state index >= 15 is 0 Å². The topological polar surface area (TPSA) is 76.1 Å². The molecule has 0 amide bonds. The van der Waals surface area contributed by atoms with Gasteiger partial charge in [-0.15, -0.1) is 0 Å². The summed E-state index contributed by atoms with van der Waals surface area (Å²) in [6.45, 7) is 4.15. The van der Waals surface area contributed by atoms with Crippen LogP contribution >= 0.6 is 0 Å². The molecule has 240 valence electrons. The molecule has 2 saturated heterocycles. The van der Waals surface area contributed by atoms with Crippen molar-refractivity contribution < 1.29 is 23.9 Å². The van der Waals surface area contributed by atoms with Crippen LogP contribution in [0.25, 0.3) is 0 Å². The van der Waals surface area contributed by atoms with Crippen LogP contribution in [0.5, 0.6) is 0 Å². The first-order chi connectivity index (χ1) is 21.6. The van der Waals surface area contributed by atoms with Gasteiger partial charge in [0.15, 0.2) is 0 Å². The van der Waals surface area contributed by atoms with E-state index in [-0.39, 0.29) is 23.8 Å². The molecular formula is C38H48N2O5. The second-order valence-corrected chi connectivity index (χ2v) is 12.5. The highest BCUT2D eigenvalue weighted by Gasteiger charge is 2.51. The van der Waals surface area contributed by atoms with Crippen LogP contribution in [0.4, 0.5) is 0 Å². The summed E-state index contributed by atoms with van der Waals surface area (Å²) >= 11 is 0. The summed E-state index contributed by atoms with van der Waals surface area (Å²) in [5.74, 6) is -0.781. The molecule has 0 spiro atoms. The number of nitrogens with zero attached hydrogens (tertiary/aromatic N) is 2. The molecule has 45 heavy (non-hydrogen) atoms. The third-order valence-corrected chi connectivity index (χ3v) is 9.77. The maximum absolute atomic E-state index is 13.2. The van der Waals surface area contributed by atoms with Crippen LogP contribution in [0, 0.1) is 5.92 Å². The van der Waals surface area contributed by atoms with Gasteiger partial charge < -0.3 is 14.4 Å². The van der Waals surface area contributed by atoms with Crippen LogP contribution in [0.2, 0.25) is 0 Å². The average molecular weight is 613 g/mol. The zero-order valence-electron chi connectivity index (χ0n) is 27.5. The molecule has 2 heterocycles. The smallest absolute Gasteiger partial charge is 0.338 e. The Labute approximate surface area is 268 Å². The normalized spacial score (nSPS) is 21.8. The molecule has 0 aromatic heterocycles. The van der Waals surface area contributed by atoms with Gasteiger partial charge in [-0.25, -0.2) is 4.79 Å². The number of methoxy groups -OCH3 is 1. The predicted molar refractivity (Wildman–Crippen MR) is 177 cm³/mol. The highest BCUT2D eigenvalue weighted by atomic mass is 16.6. The summed E-state index contributed by atoms with van der Waals surface area (Å²) in [6.07, 6.45) is 3.57. The molecular weight excluding hydrogens is 564 g/mol. The summed E-state index contributed by atoms with van der Waals surface area (Å²) < 4.78 is 10.6. The standard InChI is InChI=1S/C21H27NO.C17H21NO4/c1-5-20(23)21(16-17(2)22(3)4,18-12-8-6-9-13-18)19-14-10-7-11-15-19;1-18-12-8-9-13(18)15(17(20)21-2)14(10-12)22-16(19)11-6-4-3-5-7-11/h6-15,17H,5,16H2,1-4H3;3-7,12-15H,8-10H2,1-2H3/t;12-,13+,14-,15+/m.0/s1. The van der Waals surface area contributed by atoms with Crippen molar-refractivity contribution in [3.8, 4) is 0 Å². The van der Waals surface area contributed by atoms with Crippen LogP contribution in [-0.4, -0.2) is 80.0 Å². The van der Waals surface area contributed by atoms with Gasteiger partial charge in [-0.2, -0.15) is 0 Å². The van der Waals surface area contributed by atoms with E-state index in [2.05, 4.69) is 55.1 Å². The lowest BCUT2D eigenvalue weighted by Crippen LogP contribution is -2.53. The molecule has 5 atom stereocenters. The fourth-order valence-corrected chi connectivity index (χ4v) is 6.98. The molecule has 7 heteroatoms. The number of carbonyl (C=O) groups excluding carboxylic acids is 3. The number of Topliss-reactive ketones (excluding diaryl/α,β-unsaturated/α-hetero) is 1. The fraction of sp³-hybridized carbons (Fsp3) is 0.447. The summed E-state index contributed by atoms with van der Waals surface area (Å²) in [6, 6.07) is 30.1. The van der Waals surface area contributed by atoms with Crippen LogP contribution in [0.3, 0.4) is 0 Å². The van der Waals surface area contributed by atoms with Gasteiger partial charge in [-0.05, 0) is 70.6 Å². The molecule has 2 bridgehead atoms. The Kier molecular flexibility index (Phi) is 11.7. The van der Waals surface area contributed by atoms with Gasteiger partial charge in [0, 0.05) is 31.0 Å². The number of carbonyl (C=O) groups is 3. The van der Waals surface area contributed by atoms with Crippen molar-refractivity contribution >= 4 is 17.7 Å². The molecule has 2 aliphatic heterocycles. The van der Waals surface area contributed by atoms with Crippen LogP contribution in [0.1, 0.15) is 67.4 Å². The van der Waals surface area contributed by atoms with E-state index in [1.165, 1.54) is 7.11 Å². The lowest BCUT2D eigenvalue weighted by molar-refractivity contribution is -0.156. The molecule has 1 unspecified atom stereocenters. The Morgan fingerprint density at radius 2 is 1.42 bits per heavy atom. The number of benzene rings is 3. The minimum atomic E-state index is -0.582. The van der Waals surface area contributed by atoms with Crippen LogP contribution in [-0.2, 0) is 24.5 Å². The first kappa shape index (κ1) is 34.1. The second kappa shape index (κ2) is 15.5. The van der Waals surface area contributed by atoms with Crippen molar-refractivity contribution in [2.75, 3.05) is 28.3 Å². The Balaban J connectivity index is 0.000000205. The van der Waals surface area contributed by atoms with Crippen LogP contribution in [0.15, 0.2) is 91.0 Å². The Morgan fingerprint density at radius 1 is 0.889 bits per heavy atom. The van der Waals surface area contributed by atoms with E-state index in [0.717, 1.165) is 30.4 Å². The predicted octanol–water partition coefficient (Wildman–Crippen LogP) is 6.16. The number of ketones is 1. The molecule has 3 aromatic rings. The van der Waals surface area contributed by atoms with E-state index in [4.69, 9.17) is 9.47 Å². The monoisotopic (exact) mass is 612 g/mol. The summed E-state index contributed by atoms with van der Waals surface area (Å²) in [5, 5.41) is 0. The van der Waals surface area contributed by atoms with Crippen molar-refractivity contribution in [3.63, 3.8) is 0 Å². The highest BCUT2D eigenvalue weighted by molar-refractivity contribution is 5.93. The van der Waals surface area contributed by atoms with E-state index in [0.29, 0.717) is 30.5 Å². The number of piperidine rings is 1. The van der Waals surface area contributed by atoms with Gasteiger partial charge in [0.05, 0.1) is 18.1 Å². The Bertz CT molecular complexity index is 1360. The Morgan fingerprint density at radius 3 is 1.91 bits per heavy atom. The number of esters is 2. The summed E-state index contributed by atoms with van der Waals surface area (Å²) in [7, 11) is 7.57. The molecule has 3 aromatic carbocycles. The van der Waals surface area contributed by atoms with Crippen molar-refractivity contribution in [1.29, 1.82) is 0 Å². The molecule has 7 nitrogen and oxygen atoms in total. The number of hydrogen-bond donors (Lipinski definition) is 0. The third kappa shape index (κ3) is 7.54. The maximum Gasteiger partial charge on any atom is 0.338 e. The molecule has 0 N–H and O–H groups in total. The SMILES string of the molecule is CCC(=O)C(CC(C)N(C)C)(c1ccccc1)c1ccccc1.COC(=O)[C@H]1[C@@H](OC(=O)c2ccccc2)C[C@@H]2CC[C@H]1N2C. The van der Waals surface area contributed by atoms with Crippen molar-refractivity contribution in [2.45, 2.75) is 75.6 Å². The minimum absolute atomic E-state index is 0.0970. The first-order valence-corrected chi connectivity index (χ1v) is 16.0. The van der Waals surface area contributed by atoms with E-state index < -0.39 is 17.4 Å². The largest absolute Gasteiger partial charge is 0.469 e. The first-order valence-electron chi connectivity index (χ1n) is 16.0. The maximum atomic E-state index is 13.2. The zero-order valence-corrected chi connectivity index (χ0v) is 27.5. The van der Waals surface area contributed by atoms with Gasteiger partial charge in [0.2, 0.25) is 0 Å². The van der Waals surface area contributed by atoms with Crippen LogP contribution < -0.4 is 0 Å². The highest BCUT2D eigenvalue weighted by Crippen LogP contribution is 2.41. The quantitative estimate of drug-likeness (QED) is 0.254. The third-order valence-electron chi connectivity index (χ3n) is 9.77. The van der Waals surface area contributed by atoms with Crippen molar-refractivity contribution in [1.82, 2.24) is 9.80 Å². The van der Waals surface area contributed by atoms with E-state index in [1.807, 2.05) is 56.4 Å². The molecule has 5 rings (SSSR count). The minimum Gasteiger partial charge on any atom is -0.469 e. The number of hydrogen-bond acceptors (Lipinski definition) is 7. The van der Waals surface area contributed by atoms with Gasteiger partial charge in [0.1, 0.15) is 17.8 Å². The average Bonchev–Trinajstić information content (AvgIpc) is 3.31. The van der Waals surface area contributed by atoms with E-state index in [1.54, 1.807) is 24.3 Å². The lowest BCUT2D eigenvalue weighted by Gasteiger charge is -2.40. The van der Waals surface area contributed by atoms with Gasteiger partial charge in [-0.1, -0.05) is 85.8 Å². The van der Waals surface area contributed by atoms with E-state index in [9.17, 15) is 14.4 Å². The number of ether oxygens (including phenoxy) is 2. The Hall–Kier alpha value is -3.81. The molecule has 0 saturated carbocycles. The molecule has 2 aliphatic rings. The zero-order chi connectivity index (χ0) is 32.6. The molecule has 0 aliphatic carbocycles. The van der Waals surface area contributed by atoms with Gasteiger partial charge in [-0.3, -0.25) is 14.5 Å². The molecule has 0 radical (unpaired) electrons. The number of fused-ring (bicyclic) bond motifs is 2. The summed E-state index contributed by atoms with van der Waals surface area (Å²) in [5.41, 5.74) is 2.11. The summed E-state index contributed by atoms with van der Waals surface area (Å²) in [4.78, 5) is 42.1. The van der Waals surface area contributed by atoms with Gasteiger partial charge in [0.25, 0.3) is 0 Å². The number of rotatable bonds is 10. The molecule has 2 fully saturated rings. The van der Waals surface area contributed by atoms with Gasteiger partial charge >= 0.3 is 11.9 Å². The lowest BCUT2D eigenvalue weighted by atomic mass is 9.67. The second-order valence-electron chi connectivity index (χ2n) is 12.5.